The van der Waals surface area contributed by atoms with Crippen LogP contribution in [0, 0.1) is 5.92 Å². The highest BCUT2D eigenvalue weighted by Gasteiger charge is 2.16. The van der Waals surface area contributed by atoms with Crippen LogP contribution in [0.3, 0.4) is 0 Å². The van der Waals surface area contributed by atoms with Crippen LogP contribution in [-0.4, -0.2) is 37.1 Å². The van der Waals surface area contributed by atoms with Crippen LogP contribution in [0.5, 0.6) is 0 Å². The number of nitrogens with zero attached hydrogens (tertiary/aromatic N) is 1. The molecule has 0 aromatic rings. The third-order valence-corrected chi connectivity index (χ3v) is 3.86. The second kappa shape index (κ2) is 8.08. The van der Waals surface area contributed by atoms with Gasteiger partial charge in [-0.2, -0.15) is 0 Å². The van der Waals surface area contributed by atoms with Gasteiger partial charge in [-0.1, -0.05) is 33.1 Å². The van der Waals surface area contributed by atoms with Gasteiger partial charge in [0.15, 0.2) is 0 Å². The number of hydrogen-bond acceptors (Lipinski definition) is 2. The lowest BCUT2D eigenvalue weighted by Crippen LogP contribution is -2.32. The molecule has 1 rings (SSSR count). The van der Waals surface area contributed by atoms with E-state index in [0.29, 0.717) is 6.04 Å². The van der Waals surface area contributed by atoms with Crippen molar-refractivity contribution < 1.29 is 0 Å². The monoisotopic (exact) mass is 226 g/mol. The second-order valence-electron chi connectivity index (χ2n) is 5.36. The zero-order valence-electron chi connectivity index (χ0n) is 11.5. The Kier molecular flexibility index (Phi) is 7.06. The Labute approximate surface area is 102 Å². The molecule has 0 aromatic heterocycles. The topological polar surface area (TPSA) is 15.3 Å². The summed E-state index contributed by atoms with van der Waals surface area (Å²) in [6.07, 6.45) is 6.83. The van der Waals surface area contributed by atoms with Crippen LogP contribution in [0.25, 0.3) is 0 Å². The van der Waals surface area contributed by atoms with Crippen LogP contribution in [0.4, 0.5) is 0 Å². The molecule has 2 atom stereocenters. The molecule has 0 amide bonds. The molecule has 2 nitrogen and oxygen atoms in total. The Morgan fingerprint density at radius 2 is 2.12 bits per heavy atom. The Morgan fingerprint density at radius 1 is 1.31 bits per heavy atom. The first kappa shape index (κ1) is 14.0. The molecule has 1 saturated heterocycles. The van der Waals surface area contributed by atoms with Gasteiger partial charge in [0.25, 0.3) is 0 Å². The van der Waals surface area contributed by atoms with Gasteiger partial charge in [-0.15, -0.1) is 0 Å². The minimum absolute atomic E-state index is 0.709. The molecule has 0 spiro atoms. The van der Waals surface area contributed by atoms with Gasteiger partial charge >= 0.3 is 0 Å². The number of hydrogen-bond donors (Lipinski definition) is 1. The molecule has 16 heavy (non-hydrogen) atoms. The highest BCUT2D eigenvalue weighted by atomic mass is 15.2. The van der Waals surface area contributed by atoms with E-state index >= 15 is 0 Å². The van der Waals surface area contributed by atoms with E-state index in [1.54, 1.807) is 0 Å². The summed E-state index contributed by atoms with van der Waals surface area (Å²) >= 11 is 0. The molecule has 2 heteroatoms. The van der Waals surface area contributed by atoms with Crippen molar-refractivity contribution in [1.29, 1.82) is 0 Å². The summed E-state index contributed by atoms with van der Waals surface area (Å²) in [4.78, 5) is 2.67. The average Bonchev–Trinajstić information content (AvgIpc) is 2.49. The predicted molar refractivity (Wildman–Crippen MR) is 71.8 cm³/mol. The fraction of sp³-hybridized carbons (Fsp3) is 1.00. The molecule has 1 aliphatic rings. The highest BCUT2D eigenvalue weighted by Crippen LogP contribution is 2.15. The van der Waals surface area contributed by atoms with E-state index in [1.165, 1.54) is 58.3 Å². The molecular formula is C14H30N2. The van der Waals surface area contributed by atoms with E-state index < -0.39 is 0 Å². The van der Waals surface area contributed by atoms with E-state index in [1.807, 2.05) is 0 Å². The smallest absolute Gasteiger partial charge is 0.0107 e. The molecule has 0 saturated carbocycles. The summed E-state index contributed by atoms with van der Waals surface area (Å²) in [6, 6.07) is 0.709. The summed E-state index contributed by atoms with van der Waals surface area (Å²) in [7, 11) is 0. The average molecular weight is 226 g/mol. The second-order valence-corrected chi connectivity index (χ2v) is 5.36. The maximum Gasteiger partial charge on any atom is 0.0107 e. The van der Waals surface area contributed by atoms with Gasteiger partial charge in [-0.05, 0) is 32.2 Å². The van der Waals surface area contributed by atoms with Crippen molar-refractivity contribution in [2.75, 3.05) is 26.2 Å². The van der Waals surface area contributed by atoms with Crippen LogP contribution in [0.1, 0.15) is 52.9 Å². The molecule has 1 fully saturated rings. The Balaban J connectivity index is 2.27. The van der Waals surface area contributed by atoms with Gasteiger partial charge < -0.3 is 10.2 Å². The van der Waals surface area contributed by atoms with Crippen LogP contribution in [0.15, 0.2) is 0 Å². The van der Waals surface area contributed by atoms with E-state index in [0.717, 1.165) is 5.92 Å². The van der Waals surface area contributed by atoms with Gasteiger partial charge in [0.05, 0.1) is 0 Å². The molecule has 1 heterocycles. The van der Waals surface area contributed by atoms with Crippen molar-refractivity contribution in [2.24, 2.45) is 5.92 Å². The van der Waals surface area contributed by atoms with Crippen molar-refractivity contribution >= 4 is 0 Å². The van der Waals surface area contributed by atoms with Crippen molar-refractivity contribution in [3.63, 3.8) is 0 Å². The quantitative estimate of drug-likeness (QED) is 0.749. The van der Waals surface area contributed by atoms with Crippen LogP contribution < -0.4 is 5.32 Å². The summed E-state index contributed by atoms with van der Waals surface area (Å²) in [5.41, 5.74) is 0. The van der Waals surface area contributed by atoms with Crippen LogP contribution in [-0.2, 0) is 0 Å². The zero-order valence-corrected chi connectivity index (χ0v) is 11.5. The van der Waals surface area contributed by atoms with Gasteiger partial charge in [0.1, 0.15) is 0 Å². The molecule has 1 aliphatic heterocycles. The molecule has 2 unspecified atom stereocenters. The first-order valence-corrected chi connectivity index (χ1v) is 7.22. The maximum atomic E-state index is 3.57. The van der Waals surface area contributed by atoms with E-state index in [4.69, 9.17) is 0 Å². The minimum atomic E-state index is 0.709. The van der Waals surface area contributed by atoms with Crippen LogP contribution >= 0.6 is 0 Å². The molecule has 0 radical (unpaired) electrons. The summed E-state index contributed by atoms with van der Waals surface area (Å²) in [5.74, 6) is 0.924. The Morgan fingerprint density at radius 3 is 2.81 bits per heavy atom. The predicted octanol–water partition coefficient (Wildman–Crippen LogP) is 2.89. The third kappa shape index (κ3) is 5.31. The van der Waals surface area contributed by atoms with Crippen molar-refractivity contribution in [3.05, 3.63) is 0 Å². The SMILES string of the molecule is CCCCC(CC)CN1CCNC(C)CC1. The van der Waals surface area contributed by atoms with Gasteiger partial charge in [-0.3, -0.25) is 0 Å². The van der Waals surface area contributed by atoms with Crippen molar-refractivity contribution in [2.45, 2.75) is 58.9 Å². The summed E-state index contributed by atoms with van der Waals surface area (Å²) in [6.45, 7) is 12.0. The zero-order chi connectivity index (χ0) is 11.8. The standard InChI is InChI=1S/C14H30N2/c1-4-6-7-14(5-2)12-16-10-8-13(3)15-9-11-16/h13-15H,4-12H2,1-3H3. The summed E-state index contributed by atoms with van der Waals surface area (Å²) < 4.78 is 0. The normalized spacial score (nSPS) is 25.3. The maximum absolute atomic E-state index is 3.57. The minimum Gasteiger partial charge on any atom is -0.313 e. The largest absolute Gasteiger partial charge is 0.313 e. The van der Waals surface area contributed by atoms with Crippen LogP contribution in [0.2, 0.25) is 0 Å². The lowest BCUT2D eigenvalue weighted by molar-refractivity contribution is 0.230. The Bertz CT molecular complexity index is 170. The number of rotatable bonds is 6. The van der Waals surface area contributed by atoms with Gasteiger partial charge in [0, 0.05) is 25.7 Å². The van der Waals surface area contributed by atoms with Gasteiger partial charge in [-0.25, -0.2) is 0 Å². The first-order chi connectivity index (χ1) is 7.76. The fourth-order valence-corrected chi connectivity index (χ4v) is 2.52. The number of nitrogens with one attached hydrogen (secondary N) is 1. The Hall–Kier alpha value is -0.0800. The van der Waals surface area contributed by atoms with E-state index in [9.17, 15) is 0 Å². The lowest BCUT2D eigenvalue weighted by Gasteiger charge is -2.25. The molecule has 96 valence electrons. The lowest BCUT2D eigenvalue weighted by atomic mass is 9.98. The van der Waals surface area contributed by atoms with Gasteiger partial charge in [0.2, 0.25) is 0 Å². The molecule has 1 N–H and O–H groups in total. The van der Waals surface area contributed by atoms with E-state index in [-0.39, 0.29) is 0 Å². The first-order valence-electron chi connectivity index (χ1n) is 7.22. The molecule has 0 aliphatic carbocycles. The molecule has 0 bridgehead atoms. The molecular weight excluding hydrogens is 196 g/mol. The highest BCUT2D eigenvalue weighted by molar-refractivity contribution is 4.73. The fourth-order valence-electron chi connectivity index (χ4n) is 2.52. The molecule has 0 aromatic carbocycles. The van der Waals surface area contributed by atoms with E-state index in [2.05, 4.69) is 31.0 Å². The van der Waals surface area contributed by atoms with Crippen molar-refractivity contribution in [1.82, 2.24) is 10.2 Å². The van der Waals surface area contributed by atoms with Crippen molar-refractivity contribution in [3.8, 4) is 0 Å². The third-order valence-electron chi connectivity index (χ3n) is 3.86. The number of unbranched alkanes of at least 4 members (excludes halogenated alkanes) is 1. The summed E-state index contributed by atoms with van der Waals surface area (Å²) in [5, 5.41) is 3.57.